The lowest BCUT2D eigenvalue weighted by molar-refractivity contribution is -0.127. The van der Waals surface area contributed by atoms with Gasteiger partial charge in [-0.05, 0) is 57.7 Å². The SMILES string of the molecule is CCOc1ccccc1/C=C/c1onc(C)c1S(=O)(=O)N1CCC(C(=O)NC2CCCCC2)CC1. The molecule has 8 nitrogen and oxygen atoms in total. The molecule has 1 aliphatic heterocycles. The highest BCUT2D eigenvalue weighted by Crippen LogP contribution is 2.30. The minimum atomic E-state index is -3.82. The van der Waals surface area contributed by atoms with Crippen LogP contribution in [0.1, 0.15) is 68.9 Å². The van der Waals surface area contributed by atoms with Gasteiger partial charge in [0.1, 0.15) is 11.4 Å². The first-order chi connectivity index (χ1) is 16.9. The van der Waals surface area contributed by atoms with Crippen LogP contribution in [0.3, 0.4) is 0 Å². The molecule has 0 spiro atoms. The molecule has 2 aliphatic rings. The van der Waals surface area contributed by atoms with E-state index in [-0.39, 0.29) is 28.5 Å². The highest BCUT2D eigenvalue weighted by molar-refractivity contribution is 7.89. The van der Waals surface area contributed by atoms with Crippen LogP contribution in [0, 0.1) is 12.8 Å². The number of nitrogens with one attached hydrogen (secondary N) is 1. The Morgan fingerprint density at radius 1 is 1.14 bits per heavy atom. The van der Waals surface area contributed by atoms with Crippen molar-refractivity contribution in [1.29, 1.82) is 0 Å². The lowest BCUT2D eigenvalue weighted by atomic mass is 9.93. The average Bonchev–Trinajstić information content (AvgIpc) is 3.25. The number of piperidine rings is 1. The molecule has 2 aromatic rings. The number of para-hydroxylation sites is 1. The predicted octanol–water partition coefficient (Wildman–Crippen LogP) is 4.40. The molecule has 1 aromatic carbocycles. The van der Waals surface area contributed by atoms with E-state index in [9.17, 15) is 13.2 Å². The zero-order chi connectivity index (χ0) is 24.8. The van der Waals surface area contributed by atoms with Gasteiger partial charge in [-0.2, -0.15) is 4.31 Å². The molecule has 1 aromatic heterocycles. The fourth-order valence-corrected chi connectivity index (χ4v) is 6.64. The Morgan fingerprint density at radius 2 is 1.86 bits per heavy atom. The second-order valence-electron chi connectivity index (χ2n) is 9.29. The summed E-state index contributed by atoms with van der Waals surface area (Å²) >= 11 is 0. The summed E-state index contributed by atoms with van der Waals surface area (Å²) < 4.78 is 39.5. The van der Waals surface area contributed by atoms with Crippen LogP contribution in [0.15, 0.2) is 33.7 Å². The van der Waals surface area contributed by atoms with Gasteiger partial charge in [0.05, 0.1) is 6.61 Å². The average molecular weight is 502 g/mol. The van der Waals surface area contributed by atoms with Gasteiger partial charge in [0.15, 0.2) is 10.7 Å². The number of sulfonamides is 1. The maximum absolute atomic E-state index is 13.5. The van der Waals surface area contributed by atoms with Crippen LogP contribution in [0.5, 0.6) is 5.75 Å². The van der Waals surface area contributed by atoms with Crippen LogP contribution in [0.2, 0.25) is 0 Å². The van der Waals surface area contributed by atoms with Crippen LogP contribution < -0.4 is 10.1 Å². The number of carbonyl (C=O) groups excluding carboxylic acids is 1. The molecule has 1 saturated carbocycles. The number of nitrogens with zero attached hydrogens (tertiary/aromatic N) is 2. The van der Waals surface area contributed by atoms with Crippen molar-refractivity contribution < 1.29 is 22.5 Å². The maximum atomic E-state index is 13.5. The molecule has 4 rings (SSSR count). The monoisotopic (exact) mass is 501 g/mol. The quantitative estimate of drug-likeness (QED) is 0.575. The molecule has 1 aliphatic carbocycles. The summed E-state index contributed by atoms with van der Waals surface area (Å²) in [5.74, 6) is 0.805. The first kappa shape index (κ1) is 25.4. The summed E-state index contributed by atoms with van der Waals surface area (Å²) in [6, 6.07) is 7.79. The van der Waals surface area contributed by atoms with Crippen LogP contribution in [0.25, 0.3) is 12.2 Å². The van der Waals surface area contributed by atoms with Crippen molar-refractivity contribution in [3.63, 3.8) is 0 Å². The van der Waals surface area contributed by atoms with Crippen molar-refractivity contribution in [1.82, 2.24) is 14.8 Å². The highest BCUT2D eigenvalue weighted by Gasteiger charge is 2.36. The highest BCUT2D eigenvalue weighted by atomic mass is 32.2. The molecule has 0 unspecified atom stereocenters. The van der Waals surface area contributed by atoms with Gasteiger partial charge in [-0.25, -0.2) is 8.42 Å². The number of amides is 1. The molecule has 35 heavy (non-hydrogen) atoms. The first-order valence-electron chi connectivity index (χ1n) is 12.6. The number of carbonyl (C=O) groups is 1. The summed E-state index contributed by atoms with van der Waals surface area (Å²) in [6.45, 7) is 4.67. The van der Waals surface area contributed by atoms with Gasteiger partial charge in [-0.1, -0.05) is 42.6 Å². The van der Waals surface area contributed by atoms with Crippen molar-refractivity contribution in [3.8, 4) is 5.75 Å². The van der Waals surface area contributed by atoms with E-state index in [0.29, 0.717) is 44.0 Å². The third-order valence-corrected chi connectivity index (χ3v) is 8.90. The van der Waals surface area contributed by atoms with Gasteiger partial charge in [-0.15, -0.1) is 0 Å². The van der Waals surface area contributed by atoms with E-state index in [1.807, 2.05) is 31.2 Å². The number of aromatic nitrogens is 1. The molecule has 2 heterocycles. The molecular weight excluding hydrogens is 466 g/mol. The molecule has 1 N–H and O–H groups in total. The summed E-state index contributed by atoms with van der Waals surface area (Å²) in [4.78, 5) is 12.8. The molecule has 0 bridgehead atoms. The zero-order valence-corrected chi connectivity index (χ0v) is 21.4. The van der Waals surface area contributed by atoms with Crippen LogP contribution in [-0.2, 0) is 14.8 Å². The lowest BCUT2D eigenvalue weighted by Gasteiger charge is -2.32. The number of benzene rings is 1. The molecule has 0 radical (unpaired) electrons. The maximum Gasteiger partial charge on any atom is 0.248 e. The summed E-state index contributed by atoms with van der Waals surface area (Å²) in [7, 11) is -3.82. The van der Waals surface area contributed by atoms with Gasteiger partial charge in [0.2, 0.25) is 15.9 Å². The van der Waals surface area contributed by atoms with Crippen LogP contribution in [0.4, 0.5) is 0 Å². The topological polar surface area (TPSA) is 102 Å². The van der Waals surface area contributed by atoms with Gasteiger partial charge in [0, 0.05) is 30.6 Å². The summed E-state index contributed by atoms with van der Waals surface area (Å²) in [6.07, 6.45) is 10.0. The Morgan fingerprint density at radius 3 is 2.57 bits per heavy atom. The van der Waals surface area contributed by atoms with Crippen molar-refractivity contribution in [2.24, 2.45) is 5.92 Å². The van der Waals surface area contributed by atoms with E-state index in [1.165, 1.54) is 10.7 Å². The van der Waals surface area contributed by atoms with E-state index in [0.717, 1.165) is 31.2 Å². The number of hydrogen-bond acceptors (Lipinski definition) is 6. The second kappa shape index (κ2) is 11.4. The lowest BCUT2D eigenvalue weighted by Crippen LogP contribution is -2.45. The Hall–Kier alpha value is -2.65. The summed E-state index contributed by atoms with van der Waals surface area (Å²) in [5.41, 5.74) is 1.14. The minimum Gasteiger partial charge on any atom is -0.493 e. The molecule has 190 valence electrons. The Bertz CT molecular complexity index is 1140. The Kier molecular flexibility index (Phi) is 8.28. The largest absolute Gasteiger partial charge is 0.493 e. The molecule has 2 fully saturated rings. The Labute approximate surface area is 207 Å². The standard InChI is InChI=1S/C26H35N3O5S/c1-3-33-23-12-8-7-9-20(23)13-14-24-25(19(2)28-34-24)35(31,32)29-17-15-21(16-18-29)26(30)27-22-10-5-4-6-11-22/h7-9,12-14,21-22H,3-6,10-11,15-18H2,1-2H3,(H,27,30)/b14-13+. The van der Waals surface area contributed by atoms with E-state index >= 15 is 0 Å². The molecule has 1 saturated heterocycles. The van der Waals surface area contributed by atoms with Crippen molar-refractivity contribution in [2.75, 3.05) is 19.7 Å². The number of hydrogen-bond donors (Lipinski definition) is 1. The normalized spacial score (nSPS) is 18.7. The van der Waals surface area contributed by atoms with Crippen molar-refractivity contribution in [2.45, 2.75) is 69.7 Å². The zero-order valence-electron chi connectivity index (χ0n) is 20.5. The third-order valence-electron chi connectivity index (χ3n) is 6.84. The van der Waals surface area contributed by atoms with Gasteiger partial charge in [-0.3, -0.25) is 4.79 Å². The number of rotatable bonds is 8. The third kappa shape index (κ3) is 5.95. The summed E-state index contributed by atoms with van der Waals surface area (Å²) in [5, 5.41) is 7.11. The fourth-order valence-electron chi connectivity index (χ4n) is 4.92. The van der Waals surface area contributed by atoms with Crippen LogP contribution >= 0.6 is 0 Å². The molecular formula is C26H35N3O5S. The second-order valence-corrected chi connectivity index (χ2v) is 11.2. The van der Waals surface area contributed by atoms with Gasteiger partial charge < -0.3 is 14.6 Å². The van der Waals surface area contributed by atoms with Crippen LogP contribution in [-0.4, -0.2) is 49.5 Å². The van der Waals surface area contributed by atoms with Gasteiger partial charge >= 0.3 is 0 Å². The van der Waals surface area contributed by atoms with E-state index in [1.54, 1.807) is 19.1 Å². The predicted molar refractivity (Wildman–Crippen MR) is 134 cm³/mol. The number of ether oxygens (including phenoxy) is 1. The van der Waals surface area contributed by atoms with Gasteiger partial charge in [0.25, 0.3) is 0 Å². The number of aryl methyl sites for hydroxylation is 1. The first-order valence-corrected chi connectivity index (χ1v) is 14.0. The van der Waals surface area contributed by atoms with E-state index in [2.05, 4.69) is 10.5 Å². The smallest absolute Gasteiger partial charge is 0.248 e. The van der Waals surface area contributed by atoms with E-state index < -0.39 is 10.0 Å². The molecule has 0 atom stereocenters. The molecule has 1 amide bonds. The Balaban J connectivity index is 1.44. The van der Waals surface area contributed by atoms with Crippen molar-refractivity contribution >= 4 is 28.1 Å². The van der Waals surface area contributed by atoms with E-state index in [4.69, 9.17) is 9.26 Å². The molecule has 9 heteroatoms. The fraction of sp³-hybridized carbons (Fsp3) is 0.538. The van der Waals surface area contributed by atoms with Crippen molar-refractivity contribution in [3.05, 3.63) is 41.3 Å². The minimum absolute atomic E-state index is 0.0618.